The molecule has 21 heavy (non-hydrogen) atoms. The van der Waals surface area contributed by atoms with Crippen molar-refractivity contribution in [1.82, 2.24) is 5.32 Å². The third kappa shape index (κ3) is 5.06. The lowest BCUT2D eigenvalue weighted by Gasteiger charge is -2.11. The van der Waals surface area contributed by atoms with Crippen LogP contribution in [0.2, 0.25) is 0 Å². The lowest BCUT2D eigenvalue weighted by molar-refractivity contribution is 0.413. The Hall–Kier alpha value is -0.970. The van der Waals surface area contributed by atoms with E-state index in [9.17, 15) is 0 Å². The van der Waals surface area contributed by atoms with E-state index in [1.54, 1.807) is 18.9 Å². The van der Waals surface area contributed by atoms with Gasteiger partial charge in [-0.2, -0.15) is 0 Å². The van der Waals surface area contributed by atoms with Crippen LogP contribution in [0.3, 0.4) is 0 Å². The minimum atomic E-state index is 0.889. The molecule has 1 N–H and O–H groups in total. The summed E-state index contributed by atoms with van der Waals surface area (Å²) in [5.41, 5.74) is 1.32. The van der Waals surface area contributed by atoms with E-state index in [1.807, 2.05) is 12.1 Å². The first-order valence-electron chi connectivity index (χ1n) is 7.04. The third-order valence-electron chi connectivity index (χ3n) is 3.04. The van der Waals surface area contributed by atoms with Crippen LogP contribution in [-0.2, 0) is 6.54 Å². The summed E-state index contributed by atoms with van der Waals surface area (Å²) in [5, 5.41) is 3.47. The maximum absolute atomic E-state index is 5.29. The molecular weight excluding hydrogens is 346 g/mol. The molecule has 0 atom stereocenters. The number of ether oxygens (including phenoxy) is 1. The Labute approximate surface area is 139 Å². The number of nitrogens with one attached hydrogen (secondary N) is 1. The van der Waals surface area contributed by atoms with Gasteiger partial charge in [0.25, 0.3) is 0 Å². The first-order valence-corrected chi connectivity index (χ1v) is 8.65. The quantitative estimate of drug-likeness (QED) is 0.688. The van der Waals surface area contributed by atoms with E-state index >= 15 is 0 Å². The second-order valence-electron chi connectivity index (χ2n) is 4.71. The van der Waals surface area contributed by atoms with Crippen molar-refractivity contribution in [2.45, 2.75) is 29.7 Å². The summed E-state index contributed by atoms with van der Waals surface area (Å²) in [6.45, 7) is 4.12. The van der Waals surface area contributed by atoms with E-state index in [2.05, 4.69) is 58.5 Å². The van der Waals surface area contributed by atoms with Crippen molar-refractivity contribution in [2.75, 3.05) is 13.7 Å². The van der Waals surface area contributed by atoms with E-state index in [0.717, 1.165) is 29.7 Å². The van der Waals surface area contributed by atoms with Gasteiger partial charge in [0.15, 0.2) is 0 Å². The summed E-state index contributed by atoms with van der Waals surface area (Å²) >= 11 is 5.33. The number of halogens is 1. The van der Waals surface area contributed by atoms with Crippen molar-refractivity contribution in [3.05, 3.63) is 52.5 Å². The smallest absolute Gasteiger partial charge is 0.119 e. The highest BCUT2D eigenvalue weighted by molar-refractivity contribution is 9.10. The van der Waals surface area contributed by atoms with Crippen molar-refractivity contribution >= 4 is 27.7 Å². The standard InChI is InChI=1S/C17H20BrNOS/c1-3-9-19-12-13-7-8-14(18)10-17(13)21-16-6-4-5-15(11-16)20-2/h4-8,10-11,19H,3,9,12H2,1-2H3. The van der Waals surface area contributed by atoms with Gasteiger partial charge in [0.05, 0.1) is 7.11 Å². The molecule has 0 aromatic heterocycles. The van der Waals surface area contributed by atoms with Crippen LogP contribution >= 0.6 is 27.7 Å². The van der Waals surface area contributed by atoms with Crippen LogP contribution in [-0.4, -0.2) is 13.7 Å². The number of rotatable bonds is 7. The van der Waals surface area contributed by atoms with Crippen molar-refractivity contribution in [3.8, 4) is 5.75 Å². The van der Waals surface area contributed by atoms with E-state index in [-0.39, 0.29) is 0 Å². The maximum Gasteiger partial charge on any atom is 0.119 e. The number of hydrogen-bond donors (Lipinski definition) is 1. The molecule has 0 saturated heterocycles. The van der Waals surface area contributed by atoms with E-state index in [4.69, 9.17) is 4.74 Å². The van der Waals surface area contributed by atoms with Crippen LogP contribution in [0.5, 0.6) is 5.75 Å². The zero-order valence-electron chi connectivity index (χ0n) is 12.4. The molecule has 0 saturated carbocycles. The van der Waals surface area contributed by atoms with Crippen molar-refractivity contribution < 1.29 is 4.74 Å². The Kier molecular flexibility index (Phi) is 6.61. The summed E-state index contributed by atoms with van der Waals surface area (Å²) in [6, 6.07) is 14.6. The van der Waals surface area contributed by atoms with Gasteiger partial charge in [-0.05, 0) is 48.9 Å². The topological polar surface area (TPSA) is 21.3 Å². The highest BCUT2D eigenvalue weighted by Crippen LogP contribution is 2.34. The Balaban J connectivity index is 2.18. The van der Waals surface area contributed by atoms with Crippen LogP contribution < -0.4 is 10.1 Å². The van der Waals surface area contributed by atoms with Crippen LogP contribution in [0.15, 0.2) is 56.7 Å². The van der Waals surface area contributed by atoms with Crippen molar-refractivity contribution in [1.29, 1.82) is 0 Å². The predicted molar refractivity (Wildman–Crippen MR) is 93.3 cm³/mol. The van der Waals surface area contributed by atoms with E-state index in [0.29, 0.717) is 0 Å². The second-order valence-corrected chi connectivity index (χ2v) is 6.74. The molecule has 0 unspecified atom stereocenters. The first-order chi connectivity index (χ1) is 10.2. The second kappa shape index (κ2) is 8.47. The molecule has 2 aromatic rings. The highest BCUT2D eigenvalue weighted by atomic mass is 79.9. The zero-order valence-corrected chi connectivity index (χ0v) is 14.8. The van der Waals surface area contributed by atoms with Gasteiger partial charge < -0.3 is 10.1 Å². The van der Waals surface area contributed by atoms with E-state index < -0.39 is 0 Å². The van der Waals surface area contributed by atoms with Gasteiger partial charge in [-0.3, -0.25) is 0 Å². The molecular formula is C17H20BrNOS. The van der Waals surface area contributed by atoms with Gasteiger partial charge in [-0.1, -0.05) is 46.7 Å². The molecule has 0 spiro atoms. The normalized spacial score (nSPS) is 10.6. The number of methoxy groups -OCH3 is 1. The summed E-state index contributed by atoms with van der Waals surface area (Å²) < 4.78 is 6.39. The molecule has 0 amide bonds. The molecule has 2 nitrogen and oxygen atoms in total. The fraction of sp³-hybridized carbons (Fsp3) is 0.294. The van der Waals surface area contributed by atoms with Gasteiger partial charge in [0, 0.05) is 20.8 Å². The highest BCUT2D eigenvalue weighted by Gasteiger charge is 2.06. The molecule has 0 heterocycles. The lowest BCUT2D eigenvalue weighted by atomic mass is 10.2. The van der Waals surface area contributed by atoms with Gasteiger partial charge in [-0.15, -0.1) is 0 Å². The van der Waals surface area contributed by atoms with Gasteiger partial charge in [-0.25, -0.2) is 0 Å². The Morgan fingerprint density at radius 3 is 2.81 bits per heavy atom. The summed E-state index contributed by atoms with van der Waals surface area (Å²) in [7, 11) is 1.70. The molecule has 0 aliphatic carbocycles. The van der Waals surface area contributed by atoms with Crippen LogP contribution in [0.1, 0.15) is 18.9 Å². The summed E-state index contributed by atoms with van der Waals surface area (Å²) in [6.07, 6.45) is 1.15. The Morgan fingerprint density at radius 2 is 2.05 bits per heavy atom. The molecule has 2 rings (SSSR count). The average Bonchev–Trinajstić information content (AvgIpc) is 2.50. The number of benzene rings is 2. The van der Waals surface area contributed by atoms with Crippen molar-refractivity contribution in [2.24, 2.45) is 0 Å². The largest absolute Gasteiger partial charge is 0.497 e. The Bertz CT molecular complexity index is 589. The molecule has 2 aromatic carbocycles. The molecule has 4 heteroatoms. The molecule has 112 valence electrons. The Morgan fingerprint density at radius 1 is 1.19 bits per heavy atom. The molecule has 0 aliphatic rings. The monoisotopic (exact) mass is 365 g/mol. The molecule has 0 bridgehead atoms. The fourth-order valence-corrected chi connectivity index (χ4v) is 3.51. The van der Waals surface area contributed by atoms with Crippen molar-refractivity contribution in [3.63, 3.8) is 0 Å². The summed E-state index contributed by atoms with van der Waals surface area (Å²) in [5.74, 6) is 0.889. The van der Waals surface area contributed by atoms with Gasteiger partial charge in [0.1, 0.15) is 5.75 Å². The van der Waals surface area contributed by atoms with Gasteiger partial charge >= 0.3 is 0 Å². The minimum absolute atomic E-state index is 0.889. The van der Waals surface area contributed by atoms with E-state index in [1.165, 1.54) is 15.4 Å². The minimum Gasteiger partial charge on any atom is -0.497 e. The molecule has 0 aliphatic heterocycles. The van der Waals surface area contributed by atoms with Crippen LogP contribution in [0.25, 0.3) is 0 Å². The van der Waals surface area contributed by atoms with Crippen LogP contribution in [0.4, 0.5) is 0 Å². The SMILES string of the molecule is CCCNCc1ccc(Br)cc1Sc1cccc(OC)c1. The predicted octanol–water partition coefficient (Wildman–Crippen LogP) is 5.11. The molecule has 0 fully saturated rings. The third-order valence-corrected chi connectivity index (χ3v) is 4.62. The summed E-state index contributed by atoms with van der Waals surface area (Å²) in [4.78, 5) is 2.45. The maximum atomic E-state index is 5.29. The number of hydrogen-bond acceptors (Lipinski definition) is 3. The lowest BCUT2D eigenvalue weighted by Crippen LogP contribution is -2.14. The van der Waals surface area contributed by atoms with Gasteiger partial charge in [0.2, 0.25) is 0 Å². The van der Waals surface area contributed by atoms with Crippen LogP contribution in [0, 0.1) is 0 Å². The first kappa shape index (κ1) is 16.4. The fourth-order valence-electron chi connectivity index (χ4n) is 1.96. The average molecular weight is 366 g/mol. The zero-order chi connectivity index (χ0) is 15.1. The molecule has 0 radical (unpaired) electrons.